The number of hydrogen-bond donors (Lipinski definition) is 1. The Morgan fingerprint density at radius 3 is 2.81 bits per heavy atom. The van der Waals surface area contributed by atoms with Gasteiger partial charge in [0.25, 0.3) is 0 Å². The van der Waals surface area contributed by atoms with Crippen molar-refractivity contribution in [3.05, 3.63) is 34.0 Å². The molecule has 2 rings (SSSR count). The summed E-state index contributed by atoms with van der Waals surface area (Å²) in [5.74, 6) is 0.770. The lowest BCUT2D eigenvalue weighted by molar-refractivity contribution is 0.442. The van der Waals surface area contributed by atoms with Crippen molar-refractivity contribution in [2.45, 2.75) is 51.0 Å². The van der Waals surface area contributed by atoms with E-state index < -0.39 is 0 Å². The molecule has 1 saturated carbocycles. The Kier molecular flexibility index (Phi) is 4.19. The molecular weight excluding hydrogens is 214 g/mol. The van der Waals surface area contributed by atoms with Crippen LogP contribution < -0.4 is 5.73 Å². The van der Waals surface area contributed by atoms with Crippen LogP contribution in [0, 0.1) is 0 Å². The second-order valence-corrected chi connectivity index (χ2v) is 5.57. The monoisotopic (exact) mass is 235 g/mol. The molecule has 0 spiro atoms. The van der Waals surface area contributed by atoms with Gasteiger partial charge in [-0.05, 0) is 42.7 Å². The molecule has 1 atom stereocenters. The van der Waals surface area contributed by atoms with E-state index in [1.54, 1.807) is 0 Å². The fourth-order valence-electron chi connectivity index (χ4n) is 2.65. The van der Waals surface area contributed by atoms with E-state index in [1.165, 1.54) is 42.5 Å². The average molecular weight is 235 g/mol. The van der Waals surface area contributed by atoms with Gasteiger partial charge in [-0.2, -0.15) is 0 Å². The van der Waals surface area contributed by atoms with Gasteiger partial charge in [-0.25, -0.2) is 0 Å². The minimum absolute atomic E-state index is 0.0990. The third-order valence-corrected chi connectivity index (χ3v) is 4.51. The molecule has 2 N–H and O–H groups in total. The molecule has 2 heteroatoms. The summed E-state index contributed by atoms with van der Waals surface area (Å²) >= 11 is 1.81. The summed E-state index contributed by atoms with van der Waals surface area (Å²) in [7, 11) is 0. The van der Waals surface area contributed by atoms with Crippen molar-refractivity contribution in [3.63, 3.8) is 0 Å². The molecular formula is C14H21NS. The van der Waals surface area contributed by atoms with Crippen LogP contribution in [0.3, 0.4) is 0 Å². The fraction of sp³-hybridized carbons (Fsp3) is 0.571. The summed E-state index contributed by atoms with van der Waals surface area (Å²) in [6.07, 6.45) is 11.0. The van der Waals surface area contributed by atoms with Crippen LogP contribution in [0.1, 0.15) is 61.4 Å². The molecule has 0 amide bonds. The predicted octanol–water partition coefficient (Wildman–Crippen LogP) is 4.37. The predicted molar refractivity (Wildman–Crippen MR) is 71.9 cm³/mol. The van der Waals surface area contributed by atoms with Crippen molar-refractivity contribution in [1.82, 2.24) is 0 Å². The van der Waals surface area contributed by atoms with Gasteiger partial charge in [0.1, 0.15) is 0 Å². The molecule has 0 aromatic carbocycles. The fourth-order valence-corrected chi connectivity index (χ4v) is 3.62. The molecule has 1 aliphatic rings. The van der Waals surface area contributed by atoms with E-state index in [4.69, 9.17) is 5.73 Å². The van der Waals surface area contributed by atoms with Crippen LogP contribution in [0.25, 0.3) is 0 Å². The van der Waals surface area contributed by atoms with E-state index in [9.17, 15) is 0 Å². The maximum absolute atomic E-state index is 6.18. The summed E-state index contributed by atoms with van der Waals surface area (Å²) in [6, 6.07) is 2.39. The van der Waals surface area contributed by atoms with Gasteiger partial charge in [0.2, 0.25) is 0 Å². The van der Waals surface area contributed by atoms with Crippen LogP contribution in [0.2, 0.25) is 0 Å². The Bertz CT molecular complexity index is 347. The topological polar surface area (TPSA) is 26.0 Å². The first-order valence-electron chi connectivity index (χ1n) is 6.28. The summed E-state index contributed by atoms with van der Waals surface area (Å²) < 4.78 is 0. The van der Waals surface area contributed by atoms with Gasteiger partial charge in [0, 0.05) is 4.88 Å². The van der Waals surface area contributed by atoms with E-state index in [2.05, 4.69) is 23.6 Å². The third-order valence-electron chi connectivity index (χ3n) is 3.47. The van der Waals surface area contributed by atoms with Crippen LogP contribution in [0.15, 0.2) is 23.6 Å². The molecule has 1 heterocycles. The minimum atomic E-state index is 0.0990. The molecule has 1 unspecified atom stereocenters. The molecule has 0 saturated heterocycles. The lowest BCUT2D eigenvalue weighted by Gasteiger charge is -2.23. The van der Waals surface area contributed by atoms with Crippen LogP contribution >= 0.6 is 11.3 Å². The Balaban J connectivity index is 2.17. The molecule has 0 bridgehead atoms. The lowest BCUT2D eigenvalue weighted by Crippen LogP contribution is -2.11. The van der Waals surface area contributed by atoms with Crippen LogP contribution in [0.4, 0.5) is 0 Å². The van der Waals surface area contributed by atoms with Crippen LogP contribution in [0.5, 0.6) is 0 Å². The number of hydrogen-bond acceptors (Lipinski definition) is 2. The molecule has 0 radical (unpaired) electrons. The maximum Gasteiger partial charge on any atom is 0.0578 e. The average Bonchev–Trinajstić information content (AvgIpc) is 2.79. The van der Waals surface area contributed by atoms with Crippen LogP contribution in [-0.4, -0.2) is 0 Å². The Morgan fingerprint density at radius 2 is 2.12 bits per heavy atom. The first-order chi connectivity index (χ1) is 7.83. The van der Waals surface area contributed by atoms with Crippen molar-refractivity contribution >= 4 is 11.3 Å². The van der Waals surface area contributed by atoms with Gasteiger partial charge in [-0.1, -0.05) is 31.4 Å². The highest BCUT2D eigenvalue weighted by Gasteiger charge is 2.20. The Morgan fingerprint density at radius 1 is 1.38 bits per heavy atom. The second kappa shape index (κ2) is 5.65. The van der Waals surface area contributed by atoms with E-state index in [0.717, 1.165) is 5.92 Å². The second-order valence-electron chi connectivity index (χ2n) is 4.63. The van der Waals surface area contributed by atoms with Gasteiger partial charge >= 0.3 is 0 Å². The van der Waals surface area contributed by atoms with Gasteiger partial charge < -0.3 is 5.73 Å². The molecule has 1 aromatic heterocycles. The van der Waals surface area contributed by atoms with Gasteiger partial charge in [-0.15, -0.1) is 11.3 Å². The first kappa shape index (κ1) is 11.9. The van der Waals surface area contributed by atoms with Gasteiger partial charge in [-0.3, -0.25) is 0 Å². The molecule has 16 heavy (non-hydrogen) atoms. The quantitative estimate of drug-likeness (QED) is 0.773. The summed E-state index contributed by atoms with van der Waals surface area (Å²) in [6.45, 7) is 2.04. The maximum atomic E-state index is 6.18. The van der Waals surface area contributed by atoms with Gasteiger partial charge in [0.15, 0.2) is 0 Å². The van der Waals surface area contributed by atoms with Crippen LogP contribution in [-0.2, 0) is 0 Å². The molecule has 0 aliphatic heterocycles. The largest absolute Gasteiger partial charge is 0.320 e. The highest BCUT2D eigenvalue weighted by atomic mass is 32.1. The molecule has 1 aliphatic carbocycles. The van der Waals surface area contributed by atoms with Crippen molar-refractivity contribution < 1.29 is 0 Å². The first-order valence-corrected chi connectivity index (χ1v) is 7.16. The minimum Gasteiger partial charge on any atom is -0.320 e. The van der Waals surface area contributed by atoms with Crippen molar-refractivity contribution in [3.8, 4) is 0 Å². The Labute approximate surface area is 102 Å². The van der Waals surface area contributed by atoms with Gasteiger partial charge in [0.05, 0.1) is 6.04 Å². The van der Waals surface area contributed by atoms with Crippen molar-refractivity contribution in [2.75, 3.05) is 0 Å². The van der Waals surface area contributed by atoms with Crippen molar-refractivity contribution in [1.29, 1.82) is 0 Å². The van der Waals surface area contributed by atoms with Crippen molar-refractivity contribution in [2.24, 2.45) is 5.73 Å². The highest BCUT2D eigenvalue weighted by Crippen LogP contribution is 2.38. The summed E-state index contributed by atoms with van der Waals surface area (Å²) in [5, 5.41) is 2.20. The van der Waals surface area contributed by atoms with E-state index in [0.29, 0.717) is 0 Å². The molecule has 88 valence electrons. The smallest absolute Gasteiger partial charge is 0.0578 e. The number of nitrogens with two attached hydrogens (primary N) is 1. The third kappa shape index (κ3) is 2.55. The zero-order valence-electron chi connectivity index (χ0n) is 9.99. The highest BCUT2D eigenvalue weighted by molar-refractivity contribution is 7.10. The van der Waals surface area contributed by atoms with E-state index in [-0.39, 0.29) is 6.04 Å². The normalized spacial score (nSPS) is 20.4. The molecule has 1 fully saturated rings. The molecule has 1 aromatic rings. The number of allylic oxidation sites excluding steroid dienone is 1. The van der Waals surface area contributed by atoms with E-state index in [1.807, 2.05) is 18.3 Å². The molecule has 1 nitrogen and oxygen atoms in total. The standard InChI is InChI=1S/C14H21NS/c1-2-6-13(15)14-12(9-10-16-14)11-7-4-3-5-8-11/h2,6,9-11,13H,3-5,7-8,15H2,1H3. The number of thiophene rings is 1. The van der Waals surface area contributed by atoms with E-state index >= 15 is 0 Å². The Hall–Kier alpha value is -0.600. The SMILES string of the molecule is CC=CC(N)c1sccc1C1CCCCC1. The lowest BCUT2D eigenvalue weighted by atomic mass is 9.83. The summed E-state index contributed by atoms with van der Waals surface area (Å²) in [4.78, 5) is 1.38. The zero-order valence-corrected chi connectivity index (χ0v) is 10.8. The summed E-state index contributed by atoms with van der Waals surface area (Å²) in [5.41, 5.74) is 7.70. The zero-order chi connectivity index (χ0) is 11.4. The number of rotatable bonds is 3.